The average molecular weight is 591 g/mol. The van der Waals surface area contributed by atoms with Crippen molar-refractivity contribution in [2.24, 2.45) is 11.8 Å². The van der Waals surface area contributed by atoms with Gasteiger partial charge in [-0.15, -0.1) is 0 Å². The van der Waals surface area contributed by atoms with Gasteiger partial charge in [0.25, 0.3) is 5.79 Å². The maximum Gasteiger partial charge on any atom is 0.370 e. The van der Waals surface area contributed by atoms with Gasteiger partial charge in [0, 0.05) is 20.5 Å². The predicted octanol–water partition coefficient (Wildman–Crippen LogP) is 4.87. The molecule has 3 rings (SSSR count). The SMILES string of the molecule is COC(=O)C(O)(C=CC(CC[C@@H]1[C@@H](CCCCOc2ccccc2)CC[C@@H]1OC(C)=O)OC(C)=O)OC1CCCCO1. The fourth-order valence-electron chi connectivity index (χ4n) is 5.77. The topological polar surface area (TPSA) is 127 Å². The molecule has 1 aliphatic heterocycles. The molecular formula is C32H46O10. The molecule has 0 radical (unpaired) electrons. The molecule has 1 saturated heterocycles. The van der Waals surface area contributed by atoms with E-state index in [4.69, 9.17) is 28.4 Å². The largest absolute Gasteiger partial charge is 0.494 e. The standard InChI is InChI=1S/C32H46O10/c1-23(33)40-27(19-20-32(36,31(35)37-3)42-30-14-8-10-22-39-30)16-17-28-25(15-18-29(28)41-24(2)34)11-7-9-21-38-26-12-5-4-6-13-26/h4-6,12-13,19-20,25,27-30,36H,7-11,14-18,21-22H2,1-3H3/t25-,27?,28+,29-,30?,32?/m0/s1. The van der Waals surface area contributed by atoms with Gasteiger partial charge in [-0.3, -0.25) is 9.59 Å². The zero-order valence-corrected chi connectivity index (χ0v) is 25.0. The van der Waals surface area contributed by atoms with Crippen molar-refractivity contribution in [1.29, 1.82) is 0 Å². The van der Waals surface area contributed by atoms with Crippen molar-refractivity contribution in [2.45, 2.75) is 102 Å². The second kappa shape index (κ2) is 17.2. The van der Waals surface area contributed by atoms with Crippen LogP contribution < -0.4 is 4.74 Å². The van der Waals surface area contributed by atoms with Crippen LogP contribution in [0.5, 0.6) is 5.75 Å². The Kier molecular flexibility index (Phi) is 13.8. The van der Waals surface area contributed by atoms with Gasteiger partial charge in [0.1, 0.15) is 18.0 Å². The number of methoxy groups -OCH3 is 1. The van der Waals surface area contributed by atoms with Crippen LogP contribution in [-0.4, -0.2) is 67.6 Å². The van der Waals surface area contributed by atoms with Crippen LogP contribution in [0.2, 0.25) is 0 Å². The summed E-state index contributed by atoms with van der Waals surface area (Å²) >= 11 is 0. The fourth-order valence-corrected chi connectivity index (χ4v) is 5.77. The number of hydrogen-bond donors (Lipinski definition) is 1. The number of benzene rings is 1. The van der Waals surface area contributed by atoms with E-state index in [0.717, 1.165) is 63.9 Å². The summed E-state index contributed by atoms with van der Waals surface area (Å²) in [4.78, 5) is 36.2. The normalized spacial score (nSPS) is 24.5. The van der Waals surface area contributed by atoms with Crippen LogP contribution in [0.3, 0.4) is 0 Å². The number of unbranched alkanes of at least 4 members (excludes halogenated alkanes) is 1. The first-order valence-electron chi connectivity index (χ1n) is 15.0. The maximum atomic E-state index is 12.5. The lowest BCUT2D eigenvalue weighted by Gasteiger charge is -2.30. The van der Waals surface area contributed by atoms with Gasteiger partial charge in [-0.1, -0.05) is 18.2 Å². The molecule has 42 heavy (non-hydrogen) atoms. The van der Waals surface area contributed by atoms with Gasteiger partial charge in [0.15, 0.2) is 6.29 Å². The Bertz CT molecular complexity index is 1010. The van der Waals surface area contributed by atoms with E-state index < -0.39 is 30.1 Å². The number of ether oxygens (including phenoxy) is 6. The lowest BCUT2D eigenvalue weighted by Crippen LogP contribution is -2.45. The fraction of sp³-hybridized carbons (Fsp3) is 0.656. The monoisotopic (exact) mass is 590 g/mol. The van der Waals surface area contributed by atoms with E-state index in [-0.39, 0.29) is 18.0 Å². The van der Waals surface area contributed by atoms with Crippen LogP contribution in [0, 0.1) is 11.8 Å². The minimum absolute atomic E-state index is 0.0850. The Morgan fingerprint density at radius 1 is 1.05 bits per heavy atom. The molecule has 1 N–H and O–H groups in total. The molecule has 0 bridgehead atoms. The molecule has 1 saturated carbocycles. The van der Waals surface area contributed by atoms with E-state index in [0.29, 0.717) is 38.4 Å². The minimum atomic E-state index is -2.40. The van der Waals surface area contributed by atoms with Crippen LogP contribution in [0.15, 0.2) is 42.5 Å². The van der Waals surface area contributed by atoms with Crippen molar-refractivity contribution in [2.75, 3.05) is 20.3 Å². The first-order chi connectivity index (χ1) is 20.2. The molecule has 1 aromatic rings. The van der Waals surface area contributed by atoms with Crippen LogP contribution in [0.1, 0.15) is 78.1 Å². The molecule has 0 aromatic heterocycles. The average Bonchev–Trinajstić information content (AvgIpc) is 3.34. The number of carbonyl (C=O) groups excluding carboxylic acids is 3. The molecule has 2 fully saturated rings. The van der Waals surface area contributed by atoms with Crippen LogP contribution >= 0.6 is 0 Å². The first-order valence-corrected chi connectivity index (χ1v) is 15.0. The summed E-state index contributed by atoms with van der Waals surface area (Å²) in [5, 5.41) is 11.0. The van der Waals surface area contributed by atoms with Crippen molar-refractivity contribution in [3.05, 3.63) is 42.5 Å². The molecule has 1 heterocycles. The highest BCUT2D eigenvalue weighted by Gasteiger charge is 2.41. The van der Waals surface area contributed by atoms with Crippen molar-refractivity contribution >= 4 is 17.9 Å². The smallest absolute Gasteiger partial charge is 0.370 e. The third kappa shape index (κ3) is 11.0. The highest BCUT2D eigenvalue weighted by Crippen LogP contribution is 2.40. The summed E-state index contributed by atoms with van der Waals surface area (Å²) < 4.78 is 32.9. The molecule has 1 aromatic carbocycles. The summed E-state index contributed by atoms with van der Waals surface area (Å²) in [6.45, 7) is 3.82. The molecule has 0 amide bonds. The van der Waals surface area contributed by atoms with Crippen LogP contribution in [0.25, 0.3) is 0 Å². The Labute approximate surface area is 248 Å². The Morgan fingerprint density at radius 2 is 1.83 bits per heavy atom. The number of para-hydroxylation sites is 1. The number of carbonyl (C=O) groups is 3. The van der Waals surface area contributed by atoms with Gasteiger partial charge in [0.2, 0.25) is 0 Å². The molecule has 6 atom stereocenters. The third-order valence-corrected chi connectivity index (χ3v) is 7.77. The zero-order valence-electron chi connectivity index (χ0n) is 25.0. The highest BCUT2D eigenvalue weighted by atomic mass is 16.8. The van der Waals surface area contributed by atoms with Crippen molar-refractivity contribution in [1.82, 2.24) is 0 Å². The first kappa shape index (κ1) is 33.6. The van der Waals surface area contributed by atoms with Gasteiger partial charge < -0.3 is 33.5 Å². The quantitative estimate of drug-likeness (QED) is 0.0937. The second-order valence-electron chi connectivity index (χ2n) is 11.0. The number of aliphatic hydroxyl groups is 1. The summed E-state index contributed by atoms with van der Waals surface area (Å²) in [7, 11) is 1.15. The van der Waals surface area contributed by atoms with Gasteiger partial charge in [-0.25, -0.2) is 4.79 Å². The summed E-state index contributed by atoms with van der Waals surface area (Å²) in [6, 6.07) is 9.72. The van der Waals surface area contributed by atoms with E-state index in [9.17, 15) is 19.5 Å². The van der Waals surface area contributed by atoms with E-state index in [2.05, 4.69) is 0 Å². The van der Waals surface area contributed by atoms with E-state index in [1.165, 1.54) is 19.9 Å². The Balaban J connectivity index is 1.62. The maximum absolute atomic E-state index is 12.5. The molecule has 10 nitrogen and oxygen atoms in total. The van der Waals surface area contributed by atoms with Gasteiger partial charge in [-0.05, 0) is 100 Å². The van der Waals surface area contributed by atoms with Crippen molar-refractivity contribution < 1.29 is 47.9 Å². The van der Waals surface area contributed by atoms with Crippen molar-refractivity contribution in [3.63, 3.8) is 0 Å². The number of esters is 3. The van der Waals surface area contributed by atoms with E-state index in [1.807, 2.05) is 30.3 Å². The molecule has 234 valence electrons. The lowest BCUT2D eigenvalue weighted by atomic mass is 9.85. The molecule has 10 heteroatoms. The third-order valence-electron chi connectivity index (χ3n) is 7.77. The highest BCUT2D eigenvalue weighted by molar-refractivity contribution is 5.79. The minimum Gasteiger partial charge on any atom is -0.494 e. The van der Waals surface area contributed by atoms with Crippen molar-refractivity contribution in [3.8, 4) is 5.75 Å². The molecule has 2 aliphatic rings. The molecular weight excluding hydrogens is 544 g/mol. The Hall–Kier alpha value is -2.95. The molecule has 1 aliphatic carbocycles. The summed E-state index contributed by atoms with van der Waals surface area (Å²) in [5.74, 6) is -2.94. The molecule has 3 unspecified atom stereocenters. The van der Waals surface area contributed by atoms with Gasteiger partial charge in [-0.2, -0.15) is 0 Å². The zero-order chi connectivity index (χ0) is 30.4. The van der Waals surface area contributed by atoms with Gasteiger partial charge >= 0.3 is 17.9 Å². The predicted molar refractivity (Wildman–Crippen MR) is 153 cm³/mol. The number of rotatable bonds is 16. The van der Waals surface area contributed by atoms with Gasteiger partial charge in [0.05, 0.1) is 13.7 Å². The van der Waals surface area contributed by atoms with E-state index in [1.54, 1.807) is 0 Å². The van der Waals surface area contributed by atoms with Crippen LogP contribution in [-0.2, 0) is 38.1 Å². The van der Waals surface area contributed by atoms with Crippen LogP contribution in [0.4, 0.5) is 0 Å². The summed E-state index contributed by atoms with van der Waals surface area (Å²) in [5.41, 5.74) is 0. The second-order valence-corrected chi connectivity index (χ2v) is 11.0. The summed E-state index contributed by atoms with van der Waals surface area (Å²) in [6.07, 6.45) is 8.72. The number of hydrogen-bond acceptors (Lipinski definition) is 10. The lowest BCUT2D eigenvalue weighted by molar-refractivity contribution is -0.276. The van der Waals surface area contributed by atoms with E-state index >= 15 is 0 Å². The Morgan fingerprint density at radius 3 is 2.50 bits per heavy atom. The molecule has 0 spiro atoms.